The molecule has 1 nitrogen and oxygen atoms in total. The summed E-state index contributed by atoms with van der Waals surface area (Å²) in [7, 11) is 0.500. The van der Waals surface area contributed by atoms with E-state index in [9.17, 15) is 9.18 Å². The fourth-order valence-corrected chi connectivity index (χ4v) is 2.80. The molecular formula is C21H31FO. The van der Waals surface area contributed by atoms with Crippen LogP contribution in [0.5, 0.6) is 0 Å². The van der Waals surface area contributed by atoms with Crippen LogP contribution in [0.4, 0.5) is 4.39 Å². The van der Waals surface area contributed by atoms with E-state index in [1.165, 1.54) is 36.0 Å². The molecular weight excluding hydrogens is 287 g/mol. The van der Waals surface area contributed by atoms with Gasteiger partial charge in [-0.05, 0) is 62.7 Å². The van der Waals surface area contributed by atoms with Crippen LogP contribution in [-0.2, 0) is 4.79 Å². The van der Waals surface area contributed by atoms with Gasteiger partial charge >= 0.3 is 0 Å². The van der Waals surface area contributed by atoms with E-state index >= 15 is 0 Å². The lowest BCUT2D eigenvalue weighted by Gasteiger charge is -2.32. The fourth-order valence-electron chi connectivity index (χ4n) is 2.80. The Kier molecular flexibility index (Phi) is 10.1. The average Bonchev–Trinajstić information content (AvgIpc) is 2.48. The summed E-state index contributed by atoms with van der Waals surface area (Å²) in [5.74, 6) is 0. The summed E-state index contributed by atoms with van der Waals surface area (Å²) in [6, 6.07) is 0. The van der Waals surface area contributed by atoms with Gasteiger partial charge in [-0.15, -0.1) is 0 Å². The molecule has 23 heavy (non-hydrogen) atoms. The Morgan fingerprint density at radius 2 is 1.70 bits per heavy atom. The molecule has 0 bridgehead atoms. The molecule has 0 amide bonds. The third kappa shape index (κ3) is 7.92. The third-order valence-corrected chi connectivity index (χ3v) is 4.10. The van der Waals surface area contributed by atoms with Gasteiger partial charge in [0.15, 0.2) is 0 Å². The van der Waals surface area contributed by atoms with Gasteiger partial charge in [-0.2, -0.15) is 0 Å². The van der Waals surface area contributed by atoms with E-state index in [4.69, 9.17) is 0 Å². The average molecular weight is 318 g/mol. The minimum absolute atomic E-state index is 0.290. The maximum Gasteiger partial charge on any atom is 0.143 e. The van der Waals surface area contributed by atoms with E-state index in [-0.39, 0.29) is 5.41 Å². The molecule has 0 radical (unpaired) electrons. The number of rotatable bonds is 5. The number of carbonyl (C=O) groups excluding carboxylic acids is 1. The number of aldehydes is 1. The van der Waals surface area contributed by atoms with E-state index in [1.807, 2.05) is 19.1 Å². The van der Waals surface area contributed by atoms with Crippen molar-refractivity contribution < 1.29 is 9.18 Å². The topological polar surface area (TPSA) is 17.1 Å². The second kappa shape index (κ2) is 10.9. The lowest BCUT2D eigenvalue weighted by atomic mass is 9.72. The molecule has 0 spiro atoms. The van der Waals surface area contributed by atoms with Crippen LogP contribution < -0.4 is 0 Å². The summed E-state index contributed by atoms with van der Waals surface area (Å²) in [6.07, 6.45) is 16.6. The highest BCUT2D eigenvalue weighted by molar-refractivity contribution is 5.66. The van der Waals surface area contributed by atoms with Crippen molar-refractivity contribution in [2.45, 2.75) is 53.9 Å². The van der Waals surface area contributed by atoms with Crippen molar-refractivity contribution >= 4 is 6.29 Å². The zero-order valence-corrected chi connectivity index (χ0v) is 15.4. The highest BCUT2D eigenvalue weighted by Crippen LogP contribution is 2.40. The van der Waals surface area contributed by atoms with Gasteiger partial charge in [0.2, 0.25) is 0 Å². The Morgan fingerprint density at radius 1 is 1.09 bits per heavy atom. The van der Waals surface area contributed by atoms with Crippen molar-refractivity contribution in [2.75, 3.05) is 7.18 Å². The summed E-state index contributed by atoms with van der Waals surface area (Å²) < 4.78 is 9.50. The van der Waals surface area contributed by atoms with Crippen molar-refractivity contribution in [2.24, 2.45) is 5.41 Å². The minimum atomic E-state index is 0.290. The van der Waals surface area contributed by atoms with Gasteiger partial charge in [0.25, 0.3) is 0 Å². The molecule has 0 heterocycles. The monoisotopic (exact) mass is 318 g/mol. The molecule has 128 valence electrons. The maximum absolute atomic E-state index is 10.3. The van der Waals surface area contributed by atoms with E-state index in [0.29, 0.717) is 7.18 Å². The number of allylic oxidation sites excluding steroid dienone is 10. The maximum atomic E-state index is 10.3. The normalized spacial score (nSPS) is 19.1. The molecule has 0 aromatic rings. The molecule has 1 rings (SSSR count). The van der Waals surface area contributed by atoms with Crippen LogP contribution in [0.15, 0.2) is 58.7 Å². The first-order valence-corrected chi connectivity index (χ1v) is 8.10. The molecule has 1 aliphatic rings. The zero-order chi connectivity index (χ0) is 17.9. The SMILES string of the molecule is CC1=C(/C=C/C(C)=C/C=C/C(C)=C/C=O)C(C)(C)CCC1.CF. The Labute approximate surface area is 141 Å². The number of hydrogen-bond donors (Lipinski definition) is 0. The predicted molar refractivity (Wildman–Crippen MR) is 99.2 cm³/mol. The van der Waals surface area contributed by atoms with E-state index in [0.717, 1.165) is 11.9 Å². The number of alkyl halides is 1. The smallest absolute Gasteiger partial charge is 0.143 e. The molecule has 1 aliphatic carbocycles. The summed E-state index contributed by atoms with van der Waals surface area (Å²) in [5, 5.41) is 0. The van der Waals surface area contributed by atoms with Crippen molar-refractivity contribution in [3.8, 4) is 0 Å². The quantitative estimate of drug-likeness (QED) is 0.330. The molecule has 0 N–H and O–H groups in total. The van der Waals surface area contributed by atoms with Gasteiger partial charge in [0, 0.05) is 0 Å². The molecule has 0 aromatic carbocycles. The zero-order valence-electron chi connectivity index (χ0n) is 15.4. The van der Waals surface area contributed by atoms with Crippen LogP contribution in [0.25, 0.3) is 0 Å². The van der Waals surface area contributed by atoms with Crippen LogP contribution in [-0.4, -0.2) is 13.5 Å². The van der Waals surface area contributed by atoms with E-state index in [1.54, 1.807) is 6.08 Å². The van der Waals surface area contributed by atoms with Crippen LogP contribution >= 0.6 is 0 Å². The van der Waals surface area contributed by atoms with Crippen LogP contribution in [0.3, 0.4) is 0 Å². The van der Waals surface area contributed by atoms with Gasteiger partial charge in [-0.25, -0.2) is 0 Å². The second-order valence-corrected chi connectivity index (χ2v) is 6.58. The summed E-state index contributed by atoms with van der Waals surface area (Å²) >= 11 is 0. The van der Waals surface area contributed by atoms with Crippen LogP contribution in [0.1, 0.15) is 53.9 Å². The number of halogens is 1. The summed E-state index contributed by atoms with van der Waals surface area (Å²) in [6.45, 7) is 10.9. The van der Waals surface area contributed by atoms with Crippen molar-refractivity contribution in [1.29, 1.82) is 0 Å². The second-order valence-electron chi connectivity index (χ2n) is 6.58. The molecule has 0 unspecified atom stereocenters. The highest BCUT2D eigenvalue weighted by atomic mass is 19.1. The Morgan fingerprint density at radius 3 is 2.26 bits per heavy atom. The lowest BCUT2D eigenvalue weighted by Crippen LogP contribution is -2.19. The van der Waals surface area contributed by atoms with Crippen LogP contribution in [0.2, 0.25) is 0 Å². The molecule has 0 aromatic heterocycles. The van der Waals surface area contributed by atoms with Crippen molar-refractivity contribution in [1.82, 2.24) is 0 Å². The van der Waals surface area contributed by atoms with Gasteiger partial charge in [0.05, 0.1) is 7.18 Å². The number of hydrogen-bond acceptors (Lipinski definition) is 1. The first-order valence-electron chi connectivity index (χ1n) is 8.10. The molecule has 0 aliphatic heterocycles. The molecule has 0 saturated heterocycles. The fraction of sp³-hybridized carbons (Fsp3) is 0.476. The van der Waals surface area contributed by atoms with E-state index in [2.05, 4.69) is 45.9 Å². The van der Waals surface area contributed by atoms with Crippen LogP contribution in [0, 0.1) is 5.41 Å². The Bertz CT molecular complexity index is 528. The van der Waals surface area contributed by atoms with Crippen molar-refractivity contribution in [3.63, 3.8) is 0 Å². The van der Waals surface area contributed by atoms with Gasteiger partial charge in [-0.3, -0.25) is 9.18 Å². The minimum Gasteiger partial charge on any atom is -0.299 e. The van der Waals surface area contributed by atoms with Gasteiger partial charge in [-0.1, -0.05) is 55.4 Å². The van der Waals surface area contributed by atoms with Gasteiger partial charge in [0.1, 0.15) is 6.29 Å². The molecule has 0 saturated carbocycles. The summed E-state index contributed by atoms with van der Waals surface area (Å²) in [4.78, 5) is 10.3. The predicted octanol–water partition coefficient (Wildman–Crippen LogP) is 6.30. The summed E-state index contributed by atoms with van der Waals surface area (Å²) in [5.41, 5.74) is 5.48. The first-order chi connectivity index (χ1) is 10.9. The van der Waals surface area contributed by atoms with Crippen molar-refractivity contribution in [3.05, 3.63) is 58.7 Å². The Balaban J connectivity index is 0.00000232. The number of carbonyl (C=O) groups is 1. The molecule has 2 heteroatoms. The highest BCUT2D eigenvalue weighted by Gasteiger charge is 2.26. The lowest BCUT2D eigenvalue weighted by molar-refractivity contribution is -0.104. The first kappa shape index (κ1) is 21.3. The van der Waals surface area contributed by atoms with E-state index < -0.39 is 0 Å². The van der Waals surface area contributed by atoms with Gasteiger partial charge < -0.3 is 0 Å². The molecule has 0 fully saturated rings. The Hall–Kier alpha value is -1.70. The standard InChI is InChI=1S/C20H28O.CH3F/c1-16(8-6-9-17(2)13-15-21)11-12-19-18(3)10-7-14-20(19,4)5;1-2/h6,8-9,11-13,15H,7,10,14H2,1-5H3;1H3/b9-6+,12-11+,16-8+,17-13+;. The largest absolute Gasteiger partial charge is 0.299 e. The molecule has 0 atom stereocenters. The third-order valence-electron chi connectivity index (χ3n) is 4.10.